The summed E-state index contributed by atoms with van der Waals surface area (Å²) in [5.74, 6) is 2.05. The Morgan fingerprint density at radius 1 is 0.943 bits per heavy atom. The molecular weight excluding hydrogens is 444 g/mol. The fraction of sp³-hybridized carbons (Fsp3) is 0.357. The van der Waals surface area contributed by atoms with Gasteiger partial charge in [0, 0.05) is 25.8 Å². The maximum Gasteiger partial charge on any atom is 0.233 e. The van der Waals surface area contributed by atoms with Gasteiger partial charge in [-0.25, -0.2) is 4.98 Å². The van der Waals surface area contributed by atoms with Crippen molar-refractivity contribution in [2.24, 2.45) is 0 Å². The van der Waals surface area contributed by atoms with Crippen LogP contribution in [0, 0.1) is 0 Å². The average Bonchev–Trinajstić information content (AvgIpc) is 2.94. The van der Waals surface area contributed by atoms with Gasteiger partial charge in [-0.15, -0.1) is 0 Å². The third kappa shape index (κ3) is 5.01. The van der Waals surface area contributed by atoms with Crippen LogP contribution >= 0.6 is 0 Å². The summed E-state index contributed by atoms with van der Waals surface area (Å²) in [6.45, 7) is 2.64. The van der Waals surface area contributed by atoms with Crippen molar-refractivity contribution < 1.29 is 23.7 Å². The number of methoxy groups -OCH3 is 1. The number of benzene rings is 2. The minimum atomic E-state index is -0.561. The molecule has 0 saturated carbocycles. The van der Waals surface area contributed by atoms with Gasteiger partial charge >= 0.3 is 0 Å². The number of amides is 1. The topological polar surface area (TPSA) is 70.1 Å². The van der Waals surface area contributed by atoms with E-state index in [0.29, 0.717) is 57.4 Å². The summed E-state index contributed by atoms with van der Waals surface area (Å²) in [4.78, 5) is 20.6. The molecule has 2 aliphatic heterocycles. The van der Waals surface area contributed by atoms with Crippen molar-refractivity contribution in [3.63, 3.8) is 0 Å². The third-order valence-corrected chi connectivity index (χ3v) is 6.79. The zero-order valence-corrected chi connectivity index (χ0v) is 19.9. The van der Waals surface area contributed by atoms with E-state index in [2.05, 4.69) is 17.1 Å². The van der Waals surface area contributed by atoms with E-state index in [1.807, 2.05) is 65.6 Å². The Morgan fingerprint density at radius 3 is 2.43 bits per heavy atom. The predicted octanol–water partition coefficient (Wildman–Crippen LogP) is 4.53. The number of rotatable bonds is 6. The Bertz CT molecular complexity index is 1130. The summed E-state index contributed by atoms with van der Waals surface area (Å²) in [5.41, 5.74) is 1.24. The molecule has 1 atom stereocenters. The van der Waals surface area contributed by atoms with Gasteiger partial charge in [0.25, 0.3) is 0 Å². The SMILES string of the molecule is COc1ccc(Oc2cccc(C3CN(C(=O)C4(c5ccccc5)CCOCC4)CCO3)n2)cc1. The van der Waals surface area contributed by atoms with Crippen LogP contribution in [0.15, 0.2) is 72.8 Å². The Balaban J connectivity index is 1.33. The second-order valence-corrected chi connectivity index (χ2v) is 8.85. The number of carbonyl (C=O) groups is 1. The van der Waals surface area contributed by atoms with Crippen molar-refractivity contribution in [3.8, 4) is 17.4 Å². The van der Waals surface area contributed by atoms with E-state index in [0.717, 1.165) is 17.0 Å². The first-order valence-corrected chi connectivity index (χ1v) is 12.0. The van der Waals surface area contributed by atoms with Gasteiger partial charge in [0.2, 0.25) is 11.8 Å². The molecule has 7 heteroatoms. The zero-order valence-electron chi connectivity index (χ0n) is 19.9. The van der Waals surface area contributed by atoms with Crippen LogP contribution in [0.5, 0.6) is 17.4 Å². The van der Waals surface area contributed by atoms with E-state index in [9.17, 15) is 4.79 Å². The molecule has 182 valence electrons. The Morgan fingerprint density at radius 2 is 1.69 bits per heavy atom. The van der Waals surface area contributed by atoms with Crippen LogP contribution in [0.2, 0.25) is 0 Å². The van der Waals surface area contributed by atoms with Gasteiger partial charge < -0.3 is 23.8 Å². The highest BCUT2D eigenvalue weighted by atomic mass is 16.5. The van der Waals surface area contributed by atoms with Gasteiger partial charge in [0.1, 0.15) is 17.6 Å². The first kappa shape index (κ1) is 23.3. The number of aromatic nitrogens is 1. The summed E-state index contributed by atoms with van der Waals surface area (Å²) in [7, 11) is 1.63. The molecule has 0 bridgehead atoms. The number of hydrogen-bond donors (Lipinski definition) is 0. The quantitative estimate of drug-likeness (QED) is 0.523. The van der Waals surface area contributed by atoms with Gasteiger partial charge in [-0.3, -0.25) is 4.79 Å². The van der Waals surface area contributed by atoms with Gasteiger partial charge in [-0.05, 0) is 48.7 Å². The molecule has 0 radical (unpaired) electrons. The zero-order chi connectivity index (χ0) is 24.1. The number of carbonyl (C=O) groups excluding carboxylic acids is 1. The molecule has 3 heterocycles. The summed E-state index contributed by atoms with van der Waals surface area (Å²) in [5, 5.41) is 0. The highest BCUT2D eigenvalue weighted by Gasteiger charge is 2.45. The maximum absolute atomic E-state index is 14.0. The predicted molar refractivity (Wildman–Crippen MR) is 131 cm³/mol. The van der Waals surface area contributed by atoms with Crippen LogP contribution in [0.1, 0.15) is 30.2 Å². The number of nitrogens with zero attached hydrogens (tertiary/aromatic N) is 2. The van der Waals surface area contributed by atoms with Gasteiger partial charge in [-0.1, -0.05) is 36.4 Å². The lowest BCUT2D eigenvalue weighted by atomic mass is 9.73. The standard InChI is InChI=1S/C28H30N2O5/c1-32-22-10-12-23(13-11-22)35-26-9-5-8-24(29-26)25-20-30(16-19-34-25)27(31)28(14-17-33-18-15-28)21-6-3-2-4-7-21/h2-13,25H,14-20H2,1H3. The highest BCUT2D eigenvalue weighted by molar-refractivity contribution is 5.88. The van der Waals surface area contributed by atoms with E-state index in [1.54, 1.807) is 7.11 Å². The third-order valence-electron chi connectivity index (χ3n) is 6.79. The van der Waals surface area contributed by atoms with Gasteiger partial charge in [0.05, 0.1) is 31.4 Å². The van der Waals surface area contributed by atoms with Crippen molar-refractivity contribution in [1.82, 2.24) is 9.88 Å². The fourth-order valence-corrected chi connectivity index (χ4v) is 4.85. The van der Waals surface area contributed by atoms with Crippen LogP contribution < -0.4 is 9.47 Å². The lowest BCUT2D eigenvalue weighted by Gasteiger charge is -2.42. The lowest BCUT2D eigenvalue weighted by molar-refractivity contribution is -0.149. The molecule has 1 amide bonds. The molecule has 2 aromatic carbocycles. The largest absolute Gasteiger partial charge is 0.497 e. The highest BCUT2D eigenvalue weighted by Crippen LogP contribution is 2.38. The van der Waals surface area contributed by atoms with Crippen molar-refractivity contribution in [2.45, 2.75) is 24.4 Å². The lowest BCUT2D eigenvalue weighted by Crippen LogP contribution is -2.53. The van der Waals surface area contributed by atoms with E-state index >= 15 is 0 Å². The number of pyridine rings is 1. The van der Waals surface area contributed by atoms with E-state index in [-0.39, 0.29) is 12.0 Å². The summed E-state index contributed by atoms with van der Waals surface area (Å²) >= 11 is 0. The number of morpholine rings is 1. The van der Waals surface area contributed by atoms with Crippen LogP contribution in [0.25, 0.3) is 0 Å². The van der Waals surface area contributed by atoms with Crippen LogP contribution in [-0.4, -0.2) is 55.8 Å². The number of ether oxygens (including phenoxy) is 4. The first-order chi connectivity index (χ1) is 17.2. The molecule has 5 rings (SSSR count). The molecular formula is C28H30N2O5. The molecule has 1 unspecified atom stereocenters. The Hall–Kier alpha value is -3.42. The molecule has 7 nitrogen and oxygen atoms in total. The summed E-state index contributed by atoms with van der Waals surface area (Å²) < 4.78 is 22.8. The van der Waals surface area contributed by atoms with Crippen molar-refractivity contribution >= 4 is 5.91 Å². The Labute approximate surface area is 205 Å². The minimum Gasteiger partial charge on any atom is -0.497 e. The molecule has 2 aliphatic rings. The molecule has 0 N–H and O–H groups in total. The second-order valence-electron chi connectivity index (χ2n) is 8.85. The van der Waals surface area contributed by atoms with E-state index in [1.165, 1.54) is 0 Å². The van der Waals surface area contributed by atoms with E-state index < -0.39 is 5.41 Å². The molecule has 1 aromatic heterocycles. The summed E-state index contributed by atoms with van der Waals surface area (Å²) in [6.07, 6.45) is 1.04. The van der Waals surface area contributed by atoms with Crippen LogP contribution in [0.3, 0.4) is 0 Å². The van der Waals surface area contributed by atoms with Crippen molar-refractivity contribution in [3.05, 3.63) is 84.1 Å². The van der Waals surface area contributed by atoms with E-state index in [4.69, 9.17) is 18.9 Å². The molecule has 35 heavy (non-hydrogen) atoms. The van der Waals surface area contributed by atoms with Crippen LogP contribution in [0.4, 0.5) is 0 Å². The maximum atomic E-state index is 14.0. The Kier molecular flexibility index (Phi) is 6.97. The van der Waals surface area contributed by atoms with Gasteiger partial charge in [0.15, 0.2) is 0 Å². The molecule has 0 aliphatic carbocycles. The summed E-state index contributed by atoms with van der Waals surface area (Å²) in [6, 6.07) is 23.1. The molecule has 0 spiro atoms. The molecule has 3 aromatic rings. The number of hydrogen-bond acceptors (Lipinski definition) is 6. The fourth-order valence-electron chi connectivity index (χ4n) is 4.85. The van der Waals surface area contributed by atoms with Crippen molar-refractivity contribution in [2.75, 3.05) is 40.0 Å². The minimum absolute atomic E-state index is 0.144. The average molecular weight is 475 g/mol. The monoisotopic (exact) mass is 474 g/mol. The first-order valence-electron chi connectivity index (χ1n) is 12.0. The second kappa shape index (κ2) is 10.5. The normalized spacial score (nSPS) is 19.7. The smallest absolute Gasteiger partial charge is 0.233 e. The molecule has 2 fully saturated rings. The van der Waals surface area contributed by atoms with Crippen LogP contribution in [-0.2, 0) is 19.7 Å². The van der Waals surface area contributed by atoms with Crippen molar-refractivity contribution in [1.29, 1.82) is 0 Å². The molecule has 2 saturated heterocycles. The van der Waals surface area contributed by atoms with Gasteiger partial charge in [-0.2, -0.15) is 0 Å².